The van der Waals surface area contributed by atoms with Gasteiger partial charge in [0.15, 0.2) is 0 Å². The topological polar surface area (TPSA) is 21.3 Å². The van der Waals surface area contributed by atoms with E-state index in [-0.39, 0.29) is 11.1 Å². The zero-order chi connectivity index (χ0) is 18.9. The molecule has 0 amide bonds. The largest absolute Gasteiger partial charge is 0.545 e. The smallest absolute Gasteiger partial charge is 0.250 e. The summed E-state index contributed by atoms with van der Waals surface area (Å²) in [5, 5.41) is 3.78. The second-order valence-electron chi connectivity index (χ2n) is 8.19. The van der Waals surface area contributed by atoms with Crippen LogP contribution in [-0.4, -0.2) is 14.4 Å². The highest BCUT2D eigenvalue weighted by Crippen LogP contribution is 2.38. The maximum Gasteiger partial charge on any atom is 0.250 e. The Hall–Kier alpha value is -1.32. The summed E-state index contributed by atoms with van der Waals surface area (Å²) in [6, 6.07) is 10.5. The first-order chi connectivity index (χ1) is 11.7. The summed E-state index contributed by atoms with van der Waals surface area (Å²) in [5.74, 6) is 1.05. The number of nitrogens with one attached hydrogen (secondary N) is 1. The van der Waals surface area contributed by atoms with Gasteiger partial charge in [-0.05, 0) is 42.6 Å². The lowest BCUT2D eigenvalue weighted by Crippen LogP contribution is -2.43. The summed E-state index contributed by atoms with van der Waals surface area (Å²) >= 11 is 0. The molecule has 1 aromatic carbocycles. The molecule has 0 aliphatic rings. The van der Waals surface area contributed by atoms with Gasteiger partial charge in [0.2, 0.25) is 8.32 Å². The Morgan fingerprint density at radius 3 is 2.40 bits per heavy atom. The van der Waals surface area contributed by atoms with E-state index in [1.807, 2.05) is 12.1 Å². The van der Waals surface area contributed by atoms with Crippen LogP contribution in [0.3, 0.4) is 0 Å². The molecule has 1 N–H and O–H groups in total. The van der Waals surface area contributed by atoms with Gasteiger partial charge in [0.1, 0.15) is 0 Å². The SMILES string of the molecule is C=C[C@H](NCc1ccccc1)/C(=C/CCCC)O[Si](C)(C)C(C)(C)C. The molecular formula is C22H37NOSi. The minimum absolute atomic E-state index is 0.0474. The summed E-state index contributed by atoms with van der Waals surface area (Å²) < 4.78 is 6.66. The molecule has 1 atom stereocenters. The normalized spacial score (nSPS) is 14.2. The second-order valence-corrected chi connectivity index (χ2v) is 12.9. The van der Waals surface area contributed by atoms with Gasteiger partial charge in [-0.25, -0.2) is 0 Å². The number of unbranched alkanes of at least 4 members (excludes halogenated alkanes) is 2. The molecule has 0 saturated heterocycles. The van der Waals surface area contributed by atoms with Crippen molar-refractivity contribution >= 4 is 8.32 Å². The van der Waals surface area contributed by atoms with Crippen LogP contribution in [0.15, 0.2) is 54.8 Å². The van der Waals surface area contributed by atoms with Crippen molar-refractivity contribution in [3.8, 4) is 0 Å². The lowest BCUT2D eigenvalue weighted by atomic mass is 10.1. The highest BCUT2D eigenvalue weighted by Gasteiger charge is 2.40. The minimum Gasteiger partial charge on any atom is -0.545 e. The van der Waals surface area contributed by atoms with E-state index in [1.54, 1.807) is 0 Å². The van der Waals surface area contributed by atoms with Gasteiger partial charge >= 0.3 is 0 Å². The maximum absolute atomic E-state index is 6.66. The van der Waals surface area contributed by atoms with Gasteiger partial charge < -0.3 is 9.74 Å². The third-order valence-electron chi connectivity index (χ3n) is 4.99. The molecule has 0 aromatic heterocycles. The first-order valence-corrected chi connectivity index (χ1v) is 12.4. The summed E-state index contributed by atoms with van der Waals surface area (Å²) in [4.78, 5) is 0. The van der Waals surface area contributed by atoms with Crippen molar-refractivity contribution < 1.29 is 4.43 Å². The van der Waals surface area contributed by atoms with Crippen molar-refractivity contribution in [2.75, 3.05) is 0 Å². The average molecular weight is 360 g/mol. The Balaban J connectivity index is 2.91. The van der Waals surface area contributed by atoms with Gasteiger partial charge in [-0.1, -0.05) is 70.5 Å². The number of allylic oxidation sites excluding steroid dienone is 1. The van der Waals surface area contributed by atoms with Crippen molar-refractivity contribution in [2.45, 2.75) is 77.7 Å². The molecule has 2 nitrogen and oxygen atoms in total. The maximum atomic E-state index is 6.66. The number of rotatable bonds is 10. The van der Waals surface area contributed by atoms with Gasteiger partial charge in [0.25, 0.3) is 0 Å². The molecule has 0 spiro atoms. The molecule has 3 heteroatoms. The molecule has 0 unspecified atom stereocenters. The Bertz CT molecular complexity index is 543. The van der Waals surface area contributed by atoms with Crippen LogP contribution in [0.4, 0.5) is 0 Å². The van der Waals surface area contributed by atoms with Crippen LogP contribution in [-0.2, 0) is 11.0 Å². The van der Waals surface area contributed by atoms with Gasteiger partial charge in [-0.2, -0.15) is 0 Å². The van der Waals surface area contributed by atoms with Crippen molar-refractivity contribution in [1.29, 1.82) is 0 Å². The van der Waals surface area contributed by atoms with Crippen molar-refractivity contribution in [3.05, 3.63) is 60.4 Å². The Labute approximate surface area is 156 Å². The van der Waals surface area contributed by atoms with Gasteiger partial charge in [0.05, 0.1) is 11.8 Å². The molecule has 0 fully saturated rings. The Kier molecular flexibility index (Phi) is 8.67. The number of benzene rings is 1. The number of hydrogen-bond donors (Lipinski definition) is 1. The first kappa shape index (κ1) is 21.7. The summed E-state index contributed by atoms with van der Waals surface area (Å²) in [6.07, 6.45) is 7.67. The van der Waals surface area contributed by atoms with Crippen molar-refractivity contribution in [1.82, 2.24) is 5.32 Å². The van der Waals surface area contributed by atoms with E-state index in [4.69, 9.17) is 4.43 Å². The monoisotopic (exact) mass is 359 g/mol. The standard InChI is InChI=1S/C22H37NOSi/c1-8-10-12-17-21(24-25(6,7)22(3,4)5)20(9-2)23-18-19-15-13-11-14-16-19/h9,11,13-17,20,23H,2,8,10,12,18H2,1,3-7H3/b21-17-/t20-/m0/s1. The van der Waals surface area contributed by atoms with Crippen LogP contribution in [0, 0.1) is 0 Å². The molecular weight excluding hydrogens is 322 g/mol. The first-order valence-electron chi connectivity index (χ1n) is 9.50. The fourth-order valence-corrected chi connectivity index (χ4v) is 3.36. The lowest BCUT2D eigenvalue weighted by molar-refractivity contribution is 0.344. The second kappa shape index (κ2) is 9.98. The summed E-state index contributed by atoms with van der Waals surface area (Å²) in [7, 11) is -1.87. The van der Waals surface area contributed by atoms with E-state index in [0.717, 1.165) is 18.7 Å². The van der Waals surface area contributed by atoms with E-state index < -0.39 is 8.32 Å². The fourth-order valence-electron chi connectivity index (χ4n) is 2.25. The van der Waals surface area contributed by atoms with Crippen LogP contribution < -0.4 is 5.32 Å². The van der Waals surface area contributed by atoms with Crippen LogP contribution in [0.25, 0.3) is 0 Å². The molecule has 0 radical (unpaired) electrons. The van der Waals surface area contributed by atoms with Crippen molar-refractivity contribution in [3.63, 3.8) is 0 Å². The van der Waals surface area contributed by atoms with Crippen LogP contribution in [0.5, 0.6) is 0 Å². The van der Waals surface area contributed by atoms with Crippen LogP contribution in [0.2, 0.25) is 18.1 Å². The van der Waals surface area contributed by atoms with E-state index in [1.165, 1.54) is 18.4 Å². The fraction of sp³-hybridized carbons (Fsp3) is 0.545. The molecule has 1 aromatic rings. The molecule has 1 rings (SSSR count). The summed E-state index contributed by atoms with van der Waals surface area (Å²) in [6.45, 7) is 18.5. The third-order valence-corrected chi connectivity index (χ3v) is 9.35. The molecule has 0 aliphatic carbocycles. The predicted molar refractivity (Wildman–Crippen MR) is 113 cm³/mol. The molecule has 0 bridgehead atoms. The average Bonchev–Trinajstić information content (AvgIpc) is 2.55. The lowest BCUT2D eigenvalue weighted by Gasteiger charge is -2.38. The highest BCUT2D eigenvalue weighted by atomic mass is 28.4. The van der Waals surface area contributed by atoms with E-state index >= 15 is 0 Å². The quantitative estimate of drug-likeness (QED) is 0.225. The van der Waals surface area contributed by atoms with E-state index in [9.17, 15) is 0 Å². The van der Waals surface area contributed by atoms with Crippen molar-refractivity contribution in [2.24, 2.45) is 0 Å². The third kappa shape index (κ3) is 7.21. The zero-order valence-corrected chi connectivity index (χ0v) is 18.1. The van der Waals surface area contributed by atoms with Gasteiger partial charge in [0, 0.05) is 6.54 Å². The molecule has 0 heterocycles. The summed E-state index contributed by atoms with van der Waals surface area (Å²) in [5.41, 5.74) is 1.27. The predicted octanol–water partition coefficient (Wildman–Crippen LogP) is 6.43. The molecule has 0 aliphatic heterocycles. The van der Waals surface area contributed by atoms with Gasteiger partial charge in [-0.15, -0.1) is 6.58 Å². The van der Waals surface area contributed by atoms with E-state index in [0.29, 0.717) is 0 Å². The zero-order valence-electron chi connectivity index (χ0n) is 17.1. The molecule has 0 saturated carbocycles. The van der Waals surface area contributed by atoms with E-state index in [2.05, 4.69) is 83.0 Å². The van der Waals surface area contributed by atoms with Crippen LogP contribution in [0.1, 0.15) is 52.5 Å². The van der Waals surface area contributed by atoms with Crippen LogP contribution >= 0.6 is 0 Å². The van der Waals surface area contributed by atoms with Gasteiger partial charge in [-0.3, -0.25) is 0 Å². The minimum atomic E-state index is -1.87. The molecule has 25 heavy (non-hydrogen) atoms. The Morgan fingerprint density at radius 1 is 1.24 bits per heavy atom. The molecule has 140 valence electrons. The highest BCUT2D eigenvalue weighted by molar-refractivity contribution is 6.74. The number of hydrogen-bond acceptors (Lipinski definition) is 2. The Morgan fingerprint density at radius 2 is 1.88 bits per heavy atom.